The molecule has 24 heavy (non-hydrogen) atoms. The van der Waals surface area contributed by atoms with E-state index in [-0.39, 0.29) is 16.5 Å². The molecule has 0 atom stereocenters. The summed E-state index contributed by atoms with van der Waals surface area (Å²) >= 11 is 5.18. The van der Waals surface area contributed by atoms with Crippen LogP contribution in [-0.4, -0.2) is 21.7 Å². The fraction of sp³-hybridized carbons (Fsp3) is 0.176. The van der Waals surface area contributed by atoms with Crippen molar-refractivity contribution in [3.63, 3.8) is 0 Å². The molecule has 4 nitrogen and oxygen atoms in total. The molecular formula is C17H15F2N3OS. The molecule has 0 aliphatic rings. The molecule has 0 radical (unpaired) electrons. The zero-order valence-corrected chi connectivity index (χ0v) is 13.8. The first-order valence-electron chi connectivity index (χ1n) is 7.28. The van der Waals surface area contributed by atoms with Crippen molar-refractivity contribution < 1.29 is 13.2 Å². The van der Waals surface area contributed by atoms with Gasteiger partial charge in [-0.3, -0.25) is 4.90 Å². The molecule has 0 saturated heterocycles. The van der Waals surface area contributed by atoms with Gasteiger partial charge in [-0.25, -0.2) is 13.5 Å². The molecule has 0 aliphatic carbocycles. The van der Waals surface area contributed by atoms with Crippen molar-refractivity contribution in [1.82, 2.24) is 14.7 Å². The van der Waals surface area contributed by atoms with E-state index in [9.17, 15) is 8.78 Å². The first kappa shape index (κ1) is 16.5. The van der Waals surface area contributed by atoms with Crippen molar-refractivity contribution in [3.8, 4) is 11.5 Å². The number of hydrogen-bond acceptors (Lipinski definition) is 4. The van der Waals surface area contributed by atoms with Gasteiger partial charge in [-0.15, -0.1) is 5.10 Å². The lowest BCUT2D eigenvalue weighted by molar-refractivity contribution is 0.240. The maximum Gasteiger partial charge on any atom is 0.288 e. The van der Waals surface area contributed by atoms with E-state index < -0.39 is 0 Å². The van der Waals surface area contributed by atoms with E-state index >= 15 is 0 Å². The van der Waals surface area contributed by atoms with E-state index in [1.165, 1.54) is 28.9 Å². The summed E-state index contributed by atoms with van der Waals surface area (Å²) in [5.41, 5.74) is 1.50. The Morgan fingerprint density at radius 3 is 2.58 bits per heavy atom. The van der Waals surface area contributed by atoms with Gasteiger partial charge in [0.1, 0.15) is 11.6 Å². The molecule has 0 saturated carbocycles. The second-order valence-corrected chi connectivity index (χ2v) is 5.81. The van der Waals surface area contributed by atoms with Crippen LogP contribution in [0.25, 0.3) is 11.5 Å². The monoisotopic (exact) mass is 347 g/mol. The highest BCUT2D eigenvalue weighted by Crippen LogP contribution is 2.18. The normalized spacial score (nSPS) is 11.2. The van der Waals surface area contributed by atoms with Gasteiger partial charge in [0, 0.05) is 12.1 Å². The molecule has 2 aromatic carbocycles. The van der Waals surface area contributed by atoms with E-state index in [0.717, 1.165) is 5.56 Å². The minimum Gasteiger partial charge on any atom is -0.409 e. The van der Waals surface area contributed by atoms with Gasteiger partial charge in [-0.1, -0.05) is 12.1 Å². The average Bonchev–Trinajstić information content (AvgIpc) is 2.89. The predicted octanol–water partition coefficient (Wildman–Crippen LogP) is 4.24. The fourth-order valence-corrected chi connectivity index (χ4v) is 2.51. The van der Waals surface area contributed by atoms with Gasteiger partial charge in [0.15, 0.2) is 0 Å². The predicted molar refractivity (Wildman–Crippen MR) is 88.6 cm³/mol. The Morgan fingerprint density at radius 1 is 1.12 bits per heavy atom. The lowest BCUT2D eigenvalue weighted by atomic mass is 10.2. The number of rotatable bonds is 5. The van der Waals surface area contributed by atoms with Crippen LogP contribution in [0.15, 0.2) is 52.9 Å². The third-order valence-electron chi connectivity index (χ3n) is 3.41. The Morgan fingerprint density at radius 2 is 1.88 bits per heavy atom. The summed E-state index contributed by atoms with van der Waals surface area (Å²) in [7, 11) is 1.87. The van der Waals surface area contributed by atoms with Crippen LogP contribution in [0, 0.1) is 16.5 Å². The van der Waals surface area contributed by atoms with Gasteiger partial charge >= 0.3 is 0 Å². The Balaban J connectivity index is 1.73. The molecule has 7 heteroatoms. The number of nitrogens with zero attached hydrogens (tertiary/aromatic N) is 3. The van der Waals surface area contributed by atoms with Crippen LogP contribution < -0.4 is 0 Å². The van der Waals surface area contributed by atoms with Gasteiger partial charge in [0.25, 0.3) is 4.84 Å². The van der Waals surface area contributed by atoms with Crippen molar-refractivity contribution >= 4 is 12.2 Å². The summed E-state index contributed by atoms with van der Waals surface area (Å²) in [4.78, 5) is 2.15. The largest absolute Gasteiger partial charge is 0.409 e. The van der Waals surface area contributed by atoms with Crippen molar-refractivity contribution in [2.75, 3.05) is 7.05 Å². The van der Waals surface area contributed by atoms with Gasteiger partial charge in [-0.05, 0) is 61.2 Å². The first-order chi connectivity index (χ1) is 11.5. The van der Waals surface area contributed by atoms with E-state index in [1.54, 1.807) is 18.2 Å². The quantitative estimate of drug-likeness (QED) is 0.647. The van der Waals surface area contributed by atoms with Crippen LogP contribution in [0.5, 0.6) is 0 Å². The molecule has 3 aromatic rings. The fourth-order valence-electron chi connectivity index (χ4n) is 2.33. The van der Waals surface area contributed by atoms with E-state index in [1.807, 2.05) is 18.0 Å². The molecule has 1 aromatic heterocycles. The molecule has 0 spiro atoms. The Hall–Kier alpha value is -2.38. The van der Waals surface area contributed by atoms with Crippen LogP contribution >= 0.6 is 12.2 Å². The summed E-state index contributed by atoms with van der Waals surface area (Å²) in [6.07, 6.45) is 0. The molecule has 3 rings (SSSR count). The number of halogens is 2. The lowest BCUT2D eigenvalue weighted by Crippen LogP contribution is -2.22. The molecule has 0 bridgehead atoms. The van der Waals surface area contributed by atoms with Gasteiger partial charge in [0.2, 0.25) is 5.89 Å². The van der Waals surface area contributed by atoms with E-state index in [4.69, 9.17) is 16.6 Å². The molecular weight excluding hydrogens is 332 g/mol. The Bertz CT molecular complexity index is 889. The highest BCUT2D eigenvalue weighted by atomic mass is 32.1. The minimum absolute atomic E-state index is 0.223. The summed E-state index contributed by atoms with van der Waals surface area (Å²) < 4.78 is 33.2. The van der Waals surface area contributed by atoms with Crippen molar-refractivity contribution in [2.45, 2.75) is 13.2 Å². The highest BCUT2D eigenvalue weighted by Gasteiger charge is 2.10. The van der Waals surface area contributed by atoms with E-state index in [0.29, 0.717) is 24.7 Å². The van der Waals surface area contributed by atoms with Crippen LogP contribution in [0.2, 0.25) is 0 Å². The number of hydrogen-bond donors (Lipinski definition) is 0. The van der Waals surface area contributed by atoms with Crippen LogP contribution in [0.4, 0.5) is 8.78 Å². The lowest BCUT2D eigenvalue weighted by Gasteiger charge is -2.15. The van der Waals surface area contributed by atoms with Crippen LogP contribution in [0.3, 0.4) is 0 Å². The zero-order valence-electron chi connectivity index (χ0n) is 12.9. The van der Waals surface area contributed by atoms with Gasteiger partial charge in [0.05, 0.1) is 6.67 Å². The van der Waals surface area contributed by atoms with Crippen molar-refractivity contribution in [2.24, 2.45) is 0 Å². The molecule has 124 valence electrons. The molecule has 0 fully saturated rings. The van der Waals surface area contributed by atoms with Crippen molar-refractivity contribution in [1.29, 1.82) is 0 Å². The Kier molecular flexibility index (Phi) is 4.82. The standard InChI is InChI=1S/C17H15F2N3OS/c1-21(10-12-3-2-4-15(19)9-12)11-22-17(24)23-16(20-22)13-5-7-14(18)8-6-13/h2-9H,10-11H2,1H3. The molecule has 0 amide bonds. The summed E-state index contributed by atoms with van der Waals surface area (Å²) in [6, 6.07) is 12.3. The molecule has 1 heterocycles. The second-order valence-electron chi connectivity index (χ2n) is 5.47. The molecule has 0 unspecified atom stereocenters. The Labute approximate surface area is 143 Å². The summed E-state index contributed by atoms with van der Waals surface area (Å²) in [6.45, 7) is 0.929. The molecule has 0 aliphatic heterocycles. The smallest absolute Gasteiger partial charge is 0.288 e. The summed E-state index contributed by atoms with van der Waals surface area (Å²) in [5.74, 6) is -0.261. The highest BCUT2D eigenvalue weighted by molar-refractivity contribution is 7.71. The van der Waals surface area contributed by atoms with Gasteiger partial charge < -0.3 is 4.42 Å². The second kappa shape index (κ2) is 7.02. The van der Waals surface area contributed by atoms with Crippen LogP contribution in [0.1, 0.15) is 5.56 Å². The topological polar surface area (TPSA) is 34.2 Å². The van der Waals surface area contributed by atoms with E-state index in [2.05, 4.69) is 5.10 Å². The van der Waals surface area contributed by atoms with Gasteiger partial charge in [-0.2, -0.15) is 0 Å². The number of benzene rings is 2. The molecule has 0 N–H and O–H groups in total. The average molecular weight is 347 g/mol. The zero-order chi connectivity index (χ0) is 17.1. The number of aromatic nitrogens is 2. The van der Waals surface area contributed by atoms with Crippen LogP contribution in [-0.2, 0) is 13.2 Å². The SMILES string of the molecule is CN(Cc1cccc(F)c1)Cn1nc(-c2ccc(F)cc2)oc1=S. The first-order valence-corrected chi connectivity index (χ1v) is 7.69. The minimum atomic E-state index is -0.327. The maximum absolute atomic E-state index is 13.2. The summed E-state index contributed by atoms with van der Waals surface area (Å²) in [5, 5.41) is 4.32. The maximum atomic E-state index is 13.2. The third kappa shape index (κ3) is 3.93. The third-order valence-corrected chi connectivity index (χ3v) is 3.71. The van der Waals surface area contributed by atoms with Crippen molar-refractivity contribution in [3.05, 3.63) is 70.6 Å².